The molecule has 1 atom stereocenters. The molecule has 0 aromatic heterocycles. The van der Waals surface area contributed by atoms with Gasteiger partial charge in [-0.3, -0.25) is 4.21 Å². The lowest BCUT2D eigenvalue weighted by molar-refractivity contribution is 0.0526. The molecule has 0 spiro atoms. The fraction of sp³-hybridized carbons (Fsp3) is 0.462. The Balaban J connectivity index is 2.64. The van der Waals surface area contributed by atoms with E-state index in [4.69, 9.17) is 10.5 Å². The zero-order valence-electron chi connectivity index (χ0n) is 11.3. The Labute approximate surface area is 116 Å². The highest BCUT2D eigenvalue weighted by molar-refractivity contribution is 7.84. The van der Waals surface area contributed by atoms with Crippen molar-refractivity contribution in [1.29, 1.82) is 0 Å². The van der Waals surface area contributed by atoms with E-state index in [0.29, 0.717) is 35.8 Å². The number of nitrogens with one attached hydrogen (secondary N) is 1. The van der Waals surface area contributed by atoms with Gasteiger partial charge in [-0.2, -0.15) is 0 Å². The molecular formula is C13H20N2O3S. The zero-order valence-corrected chi connectivity index (χ0v) is 12.1. The van der Waals surface area contributed by atoms with Crippen LogP contribution in [0.3, 0.4) is 0 Å². The second-order valence-corrected chi connectivity index (χ2v) is 5.63. The lowest BCUT2D eigenvalue weighted by atomic mass is 10.1. The SMILES string of the molecule is CCOC(=O)c1ccc(N)c(NCCCS(C)=O)c1. The molecule has 106 valence electrons. The molecule has 19 heavy (non-hydrogen) atoms. The Morgan fingerprint density at radius 2 is 2.21 bits per heavy atom. The van der Waals surface area contributed by atoms with Gasteiger partial charge in [-0.15, -0.1) is 0 Å². The fourth-order valence-electron chi connectivity index (χ4n) is 1.55. The van der Waals surface area contributed by atoms with E-state index in [1.807, 2.05) is 0 Å². The number of carbonyl (C=O) groups excluding carboxylic acids is 1. The lowest BCUT2D eigenvalue weighted by Crippen LogP contribution is -2.10. The number of nitrogens with two attached hydrogens (primary N) is 1. The Bertz CT molecular complexity index is 463. The third-order valence-corrected chi connectivity index (χ3v) is 3.35. The molecule has 1 unspecified atom stereocenters. The van der Waals surface area contributed by atoms with Gasteiger partial charge in [0.05, 0.1) is 23.5 Å². The monoisotopic (exact) mass is 284 g/mol. The molecule has 0 aliphatic rings. The summed E-state index contributed by atoms with van der Waals surface area (Å²) in [4.78, 5) is 11.6. The van der Waals surface area contributed by atoms with Gasteiger partial charge in [0.2, 0.25) is 0 Å². The standard InChI is InChI=1S/C13H20N2O3S/c1-3-18-13(16)10-5-6-11(14)12(9-10)15-7-4-8-19(2)17/h5-6,9,15H,3-4,7-8,14H2,1-2H3. The molecule has 6 heteroatoms. The first-order valence-electron chi connectivity index (χ1n) is 6.15. The van der Waals surface area contributed by atoms with Crippen molar-refractivity contribution in [3.63, 3.8) is 0 Å². The maximum absolute atomic E-state index is 11.6. The number of hydrogen-bond donors (Lipinski definition) is 2. The summed E-state index contributed by atoms with van der Waals surface area (Å²) >= 11 is 0. The largest absolute Gasteiger partial charge is 0.462 e. The normalized spacial score (nSPS) is 11.9. The second-order valence-electron chi connectivity index (χ2n) is 4.08. The van der Waals surface area contributed by atoms with Crippen LogP contribution in [0.2, 0.25) is 0 Å². The van der Waals surface area contributed by atoms with Crippen molar-refractivity contribution in [2.75, 3.05) is 36.2 Å². The third kappa shape index (κ3) is 5.30. The van der Waals surface area contributed by atoms with Crippen molar-refractivity contribution in [3.8, 4) is 0 Å². The molecule has 1 rings (SSSR count). The van der Waals surface area contributed by atoms with Crippen LogP contribution in [0.5, 0.6) is 0 Å². The summed E-state index contributed by atoms with van der Waals surface area (Å²) in [5.74, 6) is 0.282. The van der Waals surface area contributed by atoms with Crippen molar-refractivity contribution in [3.05, 3.63) is 23.8 Å². The number of anilines is 2. The molecule has 0 aliphatic carbocycles. The molecule has 3 N–H and O–H groups in total. The van der Waals surface area contributed by atoms with Crippen molar-refractivity contribution >= 4 is 28.1 Å². The molecule has 0 saturated carbocycles. The average molecular weight is 284 g/mol. The van der Waals surface area contributed by atoms with Gasteiger partial charge >= 0.3 is 5.97 Å². The van der Waals surface area contributed by atoms with Gasteiger partial charge in [0.1, 0.15) is 0 Å². The number of esters is 1. The minimum absolute atomic E-state index is 0.342. The highest BCUT2D eigenvalue weighted by Crippen LogP contribution is 2.20. The summed E-state index contributed by atoms with van der Waals surface area (Å²) in [6.07, 6.45) is 2.46. The minimum atomic E-state index is -0.789. The molecule has 0 heterocycles. The van der Waals surface area contributed by atoms with E-state index in [-0.39, 0.29) is 5.97 Å². The van der Waals surface area contributed by atoms with Crippen molar-refractivity contribution in [2.45, 2.75) is 13.3 Å². The van der Waals surface area contributed by atoms with Gasteiger partial charge in [0.25, 0.3) is 0 Å². The van der Waals surface area contributed by atoms with Gasteiger partial charge in [-0.25, -0.2) is 4.79 Å². The Kier molecular flexibility index (Phi) is 6.35. The van der Waals surface area contributed by atoms with E-state index in [9.17, 15) is 9.00 Å². The Hall–Kier alpha value is -1.56. The summed E-state index contributed by atoms with van der Waals surface area (Å²) < 4.78 is 15.9. The molecule has 0 bridgehead atoms. The first-order chi connectivity index (χ1) is 9.04. The first-order valence-corrected chi connectivity index (χ1v) is 7.88. The van der Waals surface area contributed by atoms with Crippen LogP contribution in [0.25, 0.3) is 0 Å². The summed E-state index contributed by atoms with van der Waals surface area (Å²) in [6, 6.07) is 4.99. The van der Waals surface area contributed by atoms with Crippen LogP contribution in [-0.4, -0.2) is 35.3 Å². The van der Waals surface area contributed by atoms with Crippen molar-refractivity contribution in [2.24, 2.45) is 0 Å². The smallest absolute Gasteiger partial charge is 0.338 e. The predicted octanol–water partition coefficient (Wildman–Crippen LogP) is 1.63. The van der Waals surface area contributed by atoms with Gasteiger partial charge in [-0.05, 0) is 31.5 Å². The van der Waals surface area contributed by atoms with E-state index in [0.717, 1.165) is 6.42 Å². The molecule has 5 nitrogen and oxygen atoms in total. The van der Waals surface area contributed by atoms with Crippen LogP contribution in [-0.2, 0) is 15.5 Å². The van der Waals surface area contributed by atoms with Crippen LogP contribution >= 0.6 is 0 Å². The molecule has 1 aromatic rings. The quantitative estimate of drug-likeness (QED) is 0.452. The van der Waals surface area contributed by atoms with Crippen LogP contribution in [0.15, 0.2) is 18.2 Å². The van der Waals surface area contributed by atoms with Gasteiger partial charge in [0, 0.05) is 29.4 Å². The van der Waals surface area contributed by atoms with E-state index >= 15 is 0 Å². The van der Waals surface area contributed by atoms with Crippen molar-refractivity contribution in [1.82, 2.24) is 0 Å². The van der Waals surface area contributed by atoms with Crippen LogP contribution in [0, 0.1) is 0 Å². The highest BCUT2D eigenvalue weighted by Gasteiger charge is 2.08. The van der Waals surface area contributed by atoms with Crippen LogP contribution in [0.1, 0.15) is 23.7 Å². The van der Waals surface area contributed by atoms with E-state index in [1.165, 1.54) is 0 Å². The average Bonchev–Trinajstić information content (AvgIpc) is 2.36. The third-order valence-electron chi connectivity index (χ3n) is 2.49. The highest BCUT2D eigenvalue weighted by atomic mass is 32.2. The molecule has 0 radical (unpaired) electrons. The fourth-order valence-corrected chi connectivity index (χ4v) is 2.10. The summed E-state index contributed by atoms with van der Waals surface area (Å²) in [5, 5.41) is 3.14. The predicted molar refractivity (Wildman–Crippen MR) is 78.9 cm³/mol. The summed E-state index contributed by atoms with van der Waals surface area (Å²) in [7, 11) is -0.789. The van der Waals surface area contributed by atoms with Gasteiger partial charge in [0.15, 0.2) is 0 Å². The number of nitrogen functional groups attached to an aromatic ring is 1. The maximum Gasteiger partial charge on any atom is 0.338 e. The number of ether oxygens (including phenoxy) is 1. The summed E-state index contributed by atoms with van der Waals surface area (Å²) in [6.45, 7) is 2.77. The number of benzene rings is 1. The van der Waals surface area contributed by atoms with E-state index in [1.54, 1.807) is 31.4 Å². The minimum Gasteiger partial charge on any atom is -0.462 e. The zero-order chi connectivity index (χ0) is 14.3. The van der Waals surface area contributed by atoms with Crippen molar-refractivity contribution < 1.29 is 13.7 Å². The molecule has 0 saturated heterocycles. The Morgan fingerprint density at radius 1 is 1.47 bits per heavy atom. The Morgan fingerprint density at radius 3 is 2.84 bits per heavy atom. The second kappa shape index (κ2) is 7.78. The number of hydrogen-bond acceptors (Lipinski definition) is 5. The molecule has 0 amide bonds. The topological polar surface area (TPSA) is 81.4 Å². The van der Waals surface area contributed by atoms with E-state index < -0.39 is 10.8 Å². The van der Waals surface area contributed by atoms with Crippen LogP contribution in [0.4, 0.5) is 11.4 Å². The molecule has 0 fully saturated rings. The van der Waals surface area contributed by atoms with Gasteiger partial charge in [-0.1, -0.05) is 0 Å². The molecular weight excluding hydrogens is 264 g/mol. The number of carbonyl (C=O) groups is 1. The molecule has 0 aliphatic heterocycles. The lowest BCUT2D eigenvalue weighted by Gasteiger charge is -2.10. The van der Waals surface area contributed by atoms with E-state index in [2.05, 4.69) is 5.32 Å². The summed E-state index contributed by atoms with van der Waals surface area (Å²) in [5.41, 5.74) is 7.58. The van der Waals surface area contributed by atoms with Gasteiger partial charge < -0.3 is 15.8 Å². The maximum atomic E-state index is 11.6. The number of rotatable bonds is 7. The van der Waals surface area contributed by atoms with Crippen LogP contribution < -0.4 is 11.1 Å². The first kappa shape index (κ1) is 15.5. The molecule has 1 aromatic carbocycles.